The Hall–Kier alpha value is -0.810. The first kappa shape index (κ1) is 17.5. The predicted molar refractivity (Wildman–Crippen MR) is 87.0 cm³/mol. The molecule has 1 unspecified atom stereocenters. The number of hydrogen-bond acceptors (Lipinski definition) is 4. The summed E-state index contributed by atoms with van der Waals surface area (Å²) >= 11 is 0. The van der Waals surface area contributed by atoms with Crippen molar-refractivity contribution in [2.75, 3.05) is 39.4 Å². The molecule has 1 atom stereocenters. The van der Waals surface area contributed by atoms with Crippen molar-refractivity contribution < 1.29 is 14.3 Å². The highest BCUT2D eigenvalue weighted by atomic mass is 16.6. The maximum Gasteiger partial charge on any atom is 0.410 e. The topological polar surface area (TPSA) is 42.0 Å². The molecule has 0 aromatic heterocycles. The molecule has 2 saturated heterocycles. The molecule has 0 aliphatic carbocycles. The minimum atomic E-state index is -0.134. The second-order valence-electron chi connectivity index (χ2n) is 7.04. The maximum absolute atomic E-state index is 12.2. The van der Waals surface area contributed by atoms with E-state index in [1.807, 2.05) is 11.8 Å². The van der Waals surface area contributed by atoms with Gasteiger partial charge in [0, 0.05) is 38.8 Å². The highest BCUT2D eigenvalue weighted by Crippen LogP contribution is 2.19. The van der Waals surface area contributed by atoms with Crippen molar-refractivity contribution >= 4 is 6.09 Å². The van der Waals surface area contributed by atoms with E-state index in [1.165, 1.54) is 0 Å². The predicted octanol–water partition coefficient (Wildman–Crippen LogP) is 2.74. The molecule has 0 saturated carbocycles. The van der Waals surface area contributed by atoms with Crippen molar-refractivity contribution in [1.29, 1.82) is 0 Å². The molecule has 0 spiro atoms. The number of carbonyl (C=O) groups is 1. The molecule has 128 valence electrons. The second kappa shape index (κ2) is 8.73. The standard InChI is InChI=1S/C17H32N2O3/c1-14(2)13-15(3)22-17(20)19-8-5-16(6-9-19)18-7-4-11-21-12-10-18/h14-16H,4-13H2,1-3H3. The number of likely N-dealkylation sites (tertiary alicyclic amines) is 1. The van der Waals surface area contributed by atoms with Gasteiger partial charge in [-0.05, 0) is 38.5 Å². The van der Waals surface area contributed by atoms with Crippen LogP contribution in [0.1, 0.15) is 46.5 Å². The number of amides is 1. The SMILES string of the molecule is CC(C)CC(C)OC(=O)N1CCC(N2CCCOCC2)CC1. The van der Waals surface area contributed by atoms with Crippen LogP contribution in [0.25, 0.3) is 0 Å². The normalized spacial score (nSPS) is 23.4. The molecule has 22 heavy (non-hydrogen) atoms. The van der Waals surface area contributed by atoms with Crippen molar-refractivity contribution in [3.05, 3.63) is 0 Å². The van der Waals surface area contributed by atoms with Crippen LogP contribution in [0.2, 0.25) is 0 Å². The molecule has 0 bridgehead atoms. The molecule has 0 aromatic rings. The monoisotopic (exact) mass is 312 g/mol. The van der Waals surface area contributed by atoms with E-state index < -0.39 is 0 Å². The first-order chi connectivity index (χ1) is 10.6. The fourth-order valence-corrected chi connectivity index (χ4v) is 3.50. The zero-order valence-corrected chi connectivity index (χ0v) is 14.4. The Morgan fingerprint density at radius 3 is 2.55 bits per heavy atom. The Kier molecular flexibility index (Phi) is 6.96. The summed E-state index contributed by atoms with van der Waals surface area (Å²) in [6.45, 7) is 11.8. The average Bonchev–Trinajstić information content (AvgIpc) is 2.75. The third kappa shape index (κ3) is 5.43. The molecule has 2 fully saturated rings. The number of rotatable bonds is 4. The van der Waals surface area contributed by atoms with Gasteiger partial charge in [0.1, 0.15) is 6.10 Å². The fourth-order valence-electron chi connectivity index (χ4n) is 3.50. The maximum atomic E-state index is 12.2. The largest absolute Gasteiger partial charge is 0.446 e. The van der Waals surface area contributed by atoms with Gasteiger partial charge in [-0.15, -0.1) is 0 Å². The van der Waals surface area contributed by atoms with Gasteiger partial charge in [0.05, 0.1) is 6.61 Å². The van der Waals surface area contributed by atoms with Gasteiger partial charge in [-0.1, -0.05) is 13.8 Å². The summed E-state index contributed by atoms with van der Waals surface area (Å²) in [5.41, 5.74) is 0. The van der Waals surface area contributed by atoms with E-state index in [1.54, 1.807) is 0 Å². The van der Waals surface area contributed by atoms with Crippen LogP contribution >= 0.6 is 0 Å². The Morgan fingerprint density at radius 1 is 1.14 bits per heavy atom. The van der Waals surface area contributed by atoms with E-state index in [0.717, 1.165) is 65.1 Å². The molecule has 0 radical (unpaired) electrons. The van der Waals surface area contributed by atoms with Gasteiger partial charge in [0.25, 0.3) is 0 Å². The van der Waals surface area contributed by atoms with Gasteiger partial charge < -0.3 is 14.4 Å². The molecule has 2 aliphatic heterocycles. The van der Waals surface area contributed by atoms with Crippen LogP contribution in [0.5, 0.6) is 0 Å². The Morgan fingerprint density at radius 2 is 1.86 bits per heavy atom. The van der Waals surface area contributed by atoms with E-state index in [4.69, 9.17) is 9.47 Å². The molecule has 1 amide bonds. The summed E-state index contributed by atoms with van der Waals surface area (Å²) < 4.78 is 11.1. The Balaban J connectivity index is 1.72. The molecule has 5 heteroatoms. The summed E-state index contributed by atoms with van der Waals surface area (Å²) in [6.07, 6.45) is 4.02. The van der Waals surface area contributed by atoms with E-state index in [9.17, 15) is 4.79 Å². The van der Waals surface area contributed by atoms with Gasteiger partial charge in [0.2, 0.25) is 0 Å². The van der Waals surface area contributed by atoms with Crippen LogP contribution in [0.3, 0.4) is 0 Å². The number of hydrogen-bond donors (Lipinski definition) is 0. The molecular weight excluding hydrogens is 280 g/mol. The summed E-state index contributed by atoms with van der Waals surface area (Å²) in [6, 6.07) is 0.596. The third-order valence-corrected chi connectivity index (χ3v) is 4.60. The van der Waals surface area contributed by atoms with E-state index in [-0.39, 0.29) is 12.2 Å². The van der Waals surface area contributed by atoms with Crippen molar-refractivity contribution in [3.8, 4) is 0 Å². The molecule has 2 rings (SSSR count). The van der Waals surface area contributed by atoms with Gasteiger partial charge >= 0.3 is 6.09 Å². The minimum absolute atomic E-state index is 0.00739. The Labute approximate surface area is 134 Å². The van der Waals surface area contributed by atoms with Gasteiger partial charge in [-0.2, -0.15) is 0 Å². The number of carbonyl (C=O) groups excluding carboxylic acids is 1. The summed E-state index contributed by atoms with van der Waals surface area (Å²) in [4.78, 5) is 16.6. The zero-order valence-electron chi connectivity index (χ0n) is 14.4. The molecule has 2 heterocycles. The average molecular weight is 312 g/mol. The molecular formula is C17H32N2O3. The van der Waals surface area contributed by atoms with E-state index in [2.05, 4.69) is 18.7 Å². The quantitative estimate of drug-likeness (QED) is 0.800. The number of piperidine rings is 1. The highest BCUT2D eigenvalue weighted by Gasteiger charge is 2.28. The van der Waals surface area contributed by atoms with Crippen molar-refractivity contribution in [2.45, 2.75) is 58.6 Å². The van der Waals surface area contributed by atoms with Crippen LogP contribution in [-0.2, 0) is 9.47 Å². The summed E-state index contributed by atoms with van der Waals surface area (Å²) in [5, 5.41) is 0. The molecule has 5 nitrogen and oxygen atoms in total. The lowest BCUT2D eigenvalue weighted by Crippen LogP contribution is -2.48. The van der Waals surface area contributed by atoms with Crippen LogP contribution in [-0.4, -0.2) is 67.4 Å². The van der Waals surface area contributed by atoms with Gasteiger partial charge in [0.15, 0.2) is 0 Å². The number of nitrogens with zero attached hydrogens (tertiary/aromatic N) is 2. The lowest BCUT2D eigenvalue weighted by atomic mass is 10.0. The van der Waals surface area contributed by atoms with Crippen molar-refractivity contribution in [3.63, 3.8) is 0 Å². The Bertz CT molecular complexity index is 333. The lowest BCUT2D eigenvalue weighted by molar-refractivity contribution is 0.0434. The first-order valence-electron chi connectivity index (χ1n) is 8.83. The first-order valence-corrected chi connectivity index (χ1v) is 8.83. The second-order valence-corrected chi connectivity index (χ2v) is 7.04. The smallest absolute Gasteiger partial charge is 0.410 e. The third-order valence-electron chi connectivity index (χ3n) is 4.60. The van der Waals surface area contributed by atoms with Crippen LogP contribution in [0, 0.1) is 5.92 Å². The molecule has 0 aromatic carbocycles. The van der Waals surface area contributed by atoms with Crippen molar-refractivity contribution in [2.24, 2.45) is 5.92 Å². The van der Waals surface area contributed by atoms with Gasteiger partial charge in [-0.25, -0.2) is 4.79 Å². The van der Waals surface area contributed by atoms with Crippen molar-refractivity contribution in [1.82, 2.24) is 9.80 Å². The fraction of sp³-hybridized carbons (Fsp3) is 0.941. The van der Waals surface area contributed by atoms with Crippen LogP contribution < -0.4 is 0 Å². The van der Waals surface area contributed by atoms with Gasteiger partial charge in [-0.3, -0.25) is 4.90 Å². The number of ether oxygens (including phenoxy) is 2. The lowest BCUT2D eigenvalue weighted by Gasteiger charge is -2.37. The minimum Gasteiger partial charge on any atom is -0.446 e. The molecule has 2 aliphatic rings. The van der Waals surface area contributed by atoms with Crippen LogP contribution in [0.4, 0.5) is 4.79 Å². The summed E-state index contributed by atoms with van der Waals surface area (Å²) in [7, 11) is 0. The summed E-state index contributed by atoms with van der Waals surface area (Å²) in [5.74, 6) is 0.554. The molecule has 0 N–H and O–H groups in total. The van der Waals surface area contributed by atoms with E-state index >= 15 is 0 Å². The highest BCUT2D eigenvalue weighted by molar-refractivity contribution is 5.67. The zero-order chi connectivity index (χ0) is 15.9. The van der Waals surface area contributed by atoms with E-state index in [0.29, 0.717) is 12.0 Å². The van der Waals surface area contributed by atoms with Crippen LogP contribution in [0.15, 0.2) is 0 Å².